The summed E-state index contributed by atoms with van der Waals surface area (Å²) in [6, 6.07) is 0. The van der Waals surface area contributed by atoms with Gasteiger partial charge in [-0.15, -0.1) is 0 Å². The summed E-state index contributed by atoms with van der Waals surface area (Å²) >= 11 is 0. The fraction of sp³-hybridized carbons (Fsp3) is 0.727. The van der Waals surface area contributed by atoms with Crippen molar-refractivity contribution in [1.82, 2.24) is 5.32 Å². The molecular weight excluding hydrogens is 188 g/mol. The van der Waals surface area contributed by atoms with Gasteiger partial charge in [-0.2, -0.15) is 0 Å². The summed E-state index contributed by atoms with van der Waals surface area (Å²) in [6.45, 7) is 4.15. The van der Waals surface area contributed by atoms with Gasteiger partial charge in [0.05, 0.1) is 0 Å². The lowest BCUT2D eigenvalue weighted by atomic mass is 10.0. The number of hydrogen-bond donors (Lipinski definition) is 3. The number of allylic oxidation sites excluding steroid dienone is 1. The van der Waals surface area contributed by atoms with Gasteiger partial charge in [0.1, 0.15) is 5.66 Å². The van der Waals surface area contributed by atoms with E-state index in [1.165, 1.54) is 19.3 Å². The molecule has 86 valence electrons. The van der Waals surface area contributed by atoms with Gasteiger partial charge in [0.2, 0.25) is 0 Å². The summed E-state index contributed by atoms with van der Waals surface area (Å²) in [7, 11) is 0. The average Bonchev–Trinajstić information content (AvgIpc) is 2.10. The third-order valence-electron chi connectivity index (χ3n) is 2.55. The van der Waals surface area contributed by atoms with Crippen LogP contribution in [0.5, 0.6) is 0 Å². The maximum absolute atomic E-state index is 6.14. The molecule has 1 aliphatic heterocycles. The Balaban J connectivity index is 2.46. The van der Waals surface area contributed by atoms with Crippen LogP contribution in [0.15, 0.2) is 16.8 Å². The van der Waals surface area contributed by atoms with Gasteiger partial charge in [-0.25, -0.2) is 4.99 Å². The molecule has 0 saturated heterocycles. The van der Waals surface area contributed by atoms with Gasteiger partial charge in [0.25, 0.3) is 0 Å². The van der Waals surface area contributed by atoms with Gasteiger partial charge in [0, 0.05) is 5.70 Å². The molecule has 4 heteroatoms. The van der Waals surface area contributed by atoms with E-state index >= 15 is 0 Å². The third kappa shape index (κ3) is 3.91. The molecule has 4 nitrogen and oxygen atoms in total. The molecule has 0 bridgehead atoms. The molecule has 0 fully saturated rings. The Morgan fingerprint density at radius 1 is 1.40 bits per heavy atom. The number of guanidine groups is 1. The van der Waals surface area contributed by atoms with E-state index in [0.29, 0.717) is 5.96 Å². The topological polar surface area (TPSA) is 76.4 Å². The summed E-state index contributed by atoms with van der Waals surface area (Å²) in [4.78, 5) is 4.25. The predicted molar refractivity (Wildman–Crippen MR) is 64.2 cm³/mol. The summed E-state index contributed by atoms with van der Waals surface area (Å²) in [5.74, 6) is 0.424. The smallest absolute Gasteiger partial charge is 0.195 e. The number of nitrogens with two attached hydrogens (primary N) is 2. The fourth-order valence-electron chi connectivity index (χ4n) is 1.86. The monoisotopic (exact) mass is 210 g/mol. The summed E-state index contributed by atoms with van der Waals surface area (Å²) in [5, 5.41) is 2.94. The van der Waals surface area contributed by atoms with Gasteiger partial charge in [0.15, 0.2) is 5.96 Å². The van der Waals surface area contributed by atoms with E-state index in [4.69, 9.17) is 11.5 Å². The minimum absolute atomic E-state index is 0.424. The lowest BCUT2D eigenvalue weighted by Crippen LogP contribution is -2.46. The Labute approximate surface area is 91.8 Å². The van der Waals surface area contributed by atoms with Crippen LogP contribution < -0.4 is 16.8 Å². The van der Waals surface area contributed by atoms with Crippen molar-refractivity contribution in [1.29, 1.82) is 0 Å². The highest BCUT2D eigenvalue weighted by atomic mass is 15.2. The molecule has 0 saturated carbocycles. The van der Waals surface area contributed by atoms with Crippen LogP contribution in [0.25, 0.3) is 0 Å². The second kappa shape index (κ2) is 5.16. The van der Waals surface area contributed by atoms with Crippen LogP contribution >= 0.6 is 0 Å². The number of rotatable bonds is 5. The molecule has 1 unspecified atom stereocenters. The van der Waals surface area contributed by atoms with Crippen LogP contribution in [-0.4, -0.2) is 11.6 Å². The standard InChI is InChI=1S/C11H22N4/c1-3-4-5-6-7-11(13)8-9(2)14-10(12)15-11/h8H,3-7,13H2,1-2H3,(H3,12,14,15). The van der Waals surface area contributed by atoms with E-state index in [2.05, 4.69) is 17.2 Å². The van der Waals surface area contributed by atoms with Crippen molar-refractivity contribution in [3.05, 3.63) is 11.8 Å². The predicted octanol–water partition coefficient (Wildman–Crippen LogP) is 1.43. The number of nitrogens with one attached hydrogen (secondary N) is 1. The second-order valence-electron chi connectivity index (χ2n) is 4.25. The molecule has 0 radical (unpaired) electrons. The second-order valence-corrected chi connectivity index (χ2v) is 4.25. The highest BCUT2D eigenvalue weighted by molar-refractivity contribution is 5.81. The Bertz CT molecular complexity index is 250. The maximum Gasteiger partial charge on any atom is 0.195 e. The first-order chi connectivity index (χ1) is 7.06. The van der Waals surface area contributed by atoms with Crippen LogP contribution in [0.4, 0.5) is 0 Å². The number of aliphatic imine (C=N–C) groups is 1. The molecule has 1 aliphatic rings. The van der Waals surface area contributed by atoms with Crippen molar-refractivity contribution >= 4 is 5.96 Å². The SMILES string of the molecule is CCCCCCC1(N)C=C(C)NC(N)=N1. The molecule has 1 heterocycles. The Morgan fingerprint density at radius 3 is 2.73 bits per heavy atom. The van der Waals surface area contributed by atoms with Crippen molar-refractivity contribution in [3.63, 3.8) is 0 Å². The average molecular weight is 210 g/mol. The van der Waals surface area contributed by atoms with Gasteiger partial charge in [-0.1, -0.05) is 26.2 Å². The van der Waals surface area contributed by atoms with Crippen LogP contribution in [0.2, 0.25) is 0 Å². The first kappa shape index (κ1) is 12.0. The first-order valence-electron chi connectivity index (χ1n) is 5.66. The molecule has 0 amide bonds. The molecule has 0 aliphatic carbocycles. The fourth-order valence-corrected chi connectivity index (χ4v) is 1.86. The quantitative estimate of drug-likeness (QED) is 0.601. The number of nitrogens with zero attached hydrogens (tertiary/aromatic N) is 1. The largest absolute Gasteiger partial charge is 0.370 e. The van der Waals surface area contributed by atoms with E-state index in [-0.39, 0.29) is 0 Å². The maximum atomic E-state index is 6.14. The van der Waals surface area contributed by atoms with Crippen LogP contribution in [0, 0.1) is 0 Å². The zero-order chi connectivity index (χ0) is 11.3. The third-order valence-corrected chi connectivity index (χ3v) is 2.55. The number of unbranched alkanes of at least 4 members (excludes halogenated alkanes) is 3. The zero-order valence-corrected chi connectivity index (χ0v) is 9.71. The van der Waals surface area contributed by atoms with E-state index < -0.39 is 5.66 Å². The van der Waals surface area contributed by atoms with Gasteiger partial charge >= 0.3 is 0 Å². The van der Waals surface area contributed by atoms with E-state index in [9.17, 15) is 0 Å². The van der Waals surface area contributed by atoms with Gasteiger partial charge in [-0.3, -0.25) is 0 Å². The first-order valence-corrected chi connectivity index (χ1v) is 5.66. The van der Waals surface area contributed by atoms with Crippen molar-refractivity contribution in [2.45, 2.75) is 51.6 Å². The van der Waals surface area contributed by atoms with E-state index in [1.807, 2.05) is 13.0 Å². The van der Waals surface area contributed by atoms with E-state index in [0.717, 1.165) is 18.5 Å². The Kier molecular flexibility index (Phi) is 4.15. The highest BCUT2D eigenvalue weighted by Gasteiger charge is 2.24. The Hall–Kier alpha value is -1.03. The van der Waals surface area contributed by atoms with Crippen molar-refractivity contribution in [3.8, 4) is 0 Å². The van der Waals surface area contributed by atoms with Crippen LogP contribution in [-0.2, 0) is 0 Å². The molecule has 1 rings (SSSR count). The van der Waals surface area contributed by atoms with Crippen molar-refractivity contribution in [2.75, 3.05) is 0 Å². The molecular formula is C11H22N4. The van der Waals surface area contributed by atoms with Crippen LogP contribution in [0.1, 0.15) is 46.0 Å². The minimum atomic E-state index is -0.590. The van der Waals surface area contributed by atoms with Gasteiger partial charge < -0.3 is 16.8 Å². The molecule has 0 spiro atoms. The molecule has 0 aromatic heterocycles. The minimum Gasteiger partial charge on any atom is -0.370 e. The molecule has 1 atom stereocenters. The Morgan fingerprint density at radius 2 is 2.13 bits per heavy atom. The molecule has 15 heavy (non-hydrogen) atoms. The van der Waals surface area contributed by atoms with E-state index in [1.54, 1.807) is 0 Å². The van der Waals surface area contributed by atoms with Crippen molar-refractivity contribution < 1.29 is 0 Å². The molecule has 0 aromatic carbocycles. The number of hydrogen-bond acceptors (Lipinski definition) is 4. The van der Waals surface area contributed by atoms with Crippen LogP contribution in [0.3, 0.4) is 0 Å². The lowest BCUT2D eigenvalue weighted by molar-refractivity contribution is 0.461. The normalized spacial score (nSPS) is 25.5. The summed E-state index contributed by atoms with van der Waals surface area (Å²) in [5.41, 5.74) is 12.2. The lowest BCUT2D eigenvalue weighted by Gasteiger charge is -2.27. The molecule has 0 aromatic rings. The van der Waals surface area contributed by atoms with Gasteiger partial charge in [-0.05, 0) is 25.8 Å². The zero-order valence-electron chi connectivity index (χ0n) is 9.71. The summed E-state index contributed by atoms with van der Waals surface area (Å²) < 4.78 is 0. The highest BCUT2D eigenvalue weighted by Crippen LogP contribution is 2.19. The summed E-state index contributed by atoms with van der Waals surface area (Å²) in [6.07, 6.45) is 7.63. The van der Waals surface area contributed by atoms with Crippen molar-refractivity contribution in [2.24, 2.45) is 16.5 Å². The molecule has 5 N–H and O–H groups in total.